The molecule has 2 fully saturated rings. The van der Waals surface area contributed by atoms with E-state index in [1.165, 1.54) is 0 Å². The molecule has 2 aliphatic heterocycles. The molecular formula is C15H19ClN2O4S. The minimum atomic E-state index is -3.14. The second-order valence-electron chi connectivity index (χ2n) is 6.14. The molecule has 6 nitrogen and oxygen atoms in total. The van der Waals surface area contributed by atoms with Gasteiger partial charge in [0.15, 0.2) is 9.84 Å². The van der Waals surface area contributed by atoms with E-state index in [4.69, 9.17) is 16.7 Å². The molecule has 0 aliphatic carbocycles. The van der Waals surface area contributed by atoms with Gasteiger partial charge in [-0.3, -0.25) is 14.6 Å². The third kappa shape index (κ3) is 3.68. The van der Waals surface area contributed by atoms with E-state index in [2.05, 4.69) is 4.90 Å². The van der Waals surface area contributed by atoms with E-state index < -0.39 is 15.8 Å². The fourth-order valence-corrected chi connectivity index (χ4v) is 5.75. The monoisotopic (exact) mass is 358 g/mol. The van der Waals surface area contributed by atoms with Crippen molar-refractivity contribution in [2.45, 2.75) is 18.6 Å². The number of hydrogen-bond donors (Lipinski definition) is 1. The summed E-state index contributed by atoms with van der Waals surface area (Å²) >= 11 is 6.21. The van der Waals surface area contributed by atoms with Gasteiger partial charge in [0.1, 0.15) is 0 Å². The lowest BCUT2D eigenvalue weighted by Crippen LogP contribution is -2.59. The molecule has 0 saturated carbocycles. The van der Waals surface area contributed by atoms with Crippen molar-refractivity contribution in [1.29, 1.82) is 0 Å². The zero-order chi connectivity index (χ0) is 16.6. The van der Waals surface area contributed by atoms with Gasteiger partial charge in [0.05, 0.1) is 18.1 Å². The lowest BCUT2D eigenvalue weighted by molar-refractivity contribution is -0.139. The van der Waals surface area contributed by atoms with Gasteiger partial charge >= 0.3 is 5.97 Å². The quantitative estimate of drug-likeness (QED) is 0.854. The van der Waals surface area contributed by atoms with Gasteiger partial charge in [0.2, 0.25) is 0 Å². The Morgan fingerprint density at radius 1 is 1.17 bits per heavy atom. The predicted molar refractivity (Wildman–Crippen MR) is 87.3 cm³/mol. The normalized spacial score (nSPS) is 27.7. The summed E-state index contributed by atoms with van der Waals surface area (Å²) < 4.78 is 24.1. The number of sulfone groups is 1. The third-order valence-corrected chi connectivity index (χ3v) is 6.64. The van der Waals surface area contributed by atoms with Crippen LogP contribution in [0.1, 0.15) is 5.56 Å². The molecule has 2 aliphatic rings. The molecule has 0 amide bonds. The maximum Gasteiger partial charge on any atom is 0.317 e. The van der Waals surface area contributed by atoms with Gasteiger partial charge in [-0.05, 0) is 11.6 Å². The molecule has 0 radical (unpaired) electrons. The van der Waals surface area contributed by atoms with Crippen LogP contribution in [0.2, 0.25) is 5.02 Å². The molecule has 23 heavy (non-hydrogen) atoms. The van der Waals surface area contributed by atoms with Gasteiger partial charge in [-0.1, -0.05) is 29.8 Å². The fourth-order valence-electron chi connectivity index (χ4n) is 3.51. The standard InChI is InChI=1S/C15H19ClN2O4S/c16-12-4-2-1-3-11(12)7-17-5-6-18(8-15(19)20)14-10-23(21,22)9-13(14)17/h1-4,13-14H,5-10H2,(H,19,20)/t13-,14+/m1/s1. The van der Waals surface area contributed by atoms with Crippen LogP contribution >= 0.6 is 11.6 Å². The average molecular weight is 359 g/mol. The van der Waals surface area contributed by atoms with Crippen molar-refractivity contribution in [3.05, 3.63) is 34.9 Å². The van der Waals surface area contributed by atoms with Crippen molar-refractivity contribution in [1.82, 2.24) is 9.80 Å². The maximum atomic E-state index is 12.1. The van der Waals surface area contributed by atoms with Crippen LogP contribution in [0.25, 0.3) is 0 Å². The number of carboxylic acids is 1. The molecule has 2 heterocycles. The highest BCUT2D eigenvalue weighted by atomic mass is 35.5. The van der Waals surface area contributed by atoms with Crippen LogP contribution in [-0.4, -0.2) is 72.5 Å². The Hall–Kier alpha value is -1.15. The van der Waals surface area contributed by atoms with E-state index >= 15 is 0 Å². The second kappa shape index (κ2) is 6.39. The maximum absolute atomic E-state index is 12.1. The topological polar surface area (TPSA) is 77.9 Å². The van der Waals surface area contributed by atoms with Crippen molar-refractivity contribution in [2.24, 2.45) is 0 Å². The molecule has 2 saturated heterocycles. The van der Waals surface area contributed by atoms with Crippen LogP contribution < -0.4 is 0 Å². The Kier molecular flexibility index (Phi) is 4.64. The van der Waals surface area contributed by atoms with E-state index in [0.29, 0.717) is 24.7 Å². The number of piperazine rings is 1. The molecule has 3 rings (SSSR count). The van der Waals surface area contributed by atoms with Crippen LogP contribution in [0.5, 0.6) is 0 Å². The number of fused-ring (bicyclic) bond motifs is 1. The molecule has 126 valence electrons. The zero-order valence-corrected chi connectivity index (χ0v) is 14.1. The number of benzene rings is 1. The summed E-state index contributed by atoms with van der Waals surface area (Å²) in [5.41, 5.74) is 0.962. The molecule has 0 bridgehead atoms. The van der Waals surface area contributed by atoms with Crippen LogP contribution in [0, 0.1) is 0 Å². The van der Waals surface area contributed by atoms with E-state index in [-0.39, 0.29) is 30.1 Å². The fraction of sp³-hybridized carbons (Fsp3) is 0.533. The van der Waals surface area contributed by atoms with E-state index in [0.717, 1.165) is 5.56 Å². The first-order valence-corrected chi connectivity index (χ1v) is 9.69. The third-order valence-electron chi connectivity index (χ3n) is 4.58. The Balaban J connectivity index is 1.81. The van der Waals surface area contributed by atoms with Crippen molar-refractivity contribution in [3.63, 3.8) is 0 Å². The number of nitrogens with zero attached hydrogens (tertiary/aromatic N) is 2. The molecule has 0 spiro atoms. The van der Waals surface area contributed by atoms with Crippen LogP contribution in [0.3, 0.4) is 0 Å². The number of aliphatic carboxylic acids is 1. The first-order valence-electron chi connectivity index (χ1n) is 7.49. The smallest absolute Gasteiger partial charge is 0.317 e. The van der Waals surface area contributed by atoms with Gasteiger partial charge in [0, 0.05) is 36.7 Å². The van der Waals surface area contributed by atoms with E-state index in [1.807, 2.05) is 24.3 Å². The lowest BCUT2D eigenvalue weighted by Gasteiger charge is -2.43. The highest BCUT2D eigenvalue weighted by Crippen LogP contribution is 2.29. The first kappa shape index (κ1) is 16.7. The summed E-state index contributed by atoms with van der Waals surface area (Å²) in [6.07, 6.45) is 0. The number of rotatable bonds is 4. The van der Waals surface area contributed by atoms with Crippen LogP contribution in [-0.2, 0) is 21.2 Å². The Labute approximate surface area is 140 Å². The molecule has 0 unspecified atom stereocenters. The summed E-state index contributed by atoms with van der Waals surface area (Å²) in [7, 11) is -3.14. The lowest BCUT2D eigenvalue weighted by atomic mass is 10.0. The summed E-state index contributed by atoms with van der Waals surface area (Å²) in [5.74, 6) is -0.810. The molecule has 2 atom stereocenters. The minimum Gasteiger partial charge on any atom is -0.480 e. The second-order valence-corrected chi connectivity index (χ2v) is 8.70. The largest absolute Gasteiger partial charge is 0.480 e. The van der Waals surface area contributed by atoms with Crippen molar-refractivity contribution >= 4 is 27.4 Å². The highest BCUT2D eigenvalue weighted by Gasteiger charge is 2.46. The van der Waals surface area contributed by atoms with Crippen LogP contribution in [0.4, 0.5) is 0 Å². The Morgan fingerprint density at radius 2 is 1.78 bits per heavy atom. The SMILES string of the molecule is O=C(O)CN1CCN(Cc2ccccc2Cl)[C@@H]2CS(=O)(=O)C[C@@H]21. The highest BCUT2D eigenvalue weighted by molar-refractivity contribution is 7.91. The molecule has 8 heteroatoms. The molecule has 1 aromatic rings. The predicted octanol–water partition coefficient (Wildman–Crippen LogP) is 0.708. The van der Waals surface area contributed by atoms with Crippen LogP contribution in [0.15, 0.2) is 24.3 Å². The van der Waals surface area contributed by atoms with Gasteiger partial charge in [-0.15, -0.1) is 0 Å². The number of carboxylic acid groups (broad SMARTS) is 1. The number of halogens is 1. The molecule has 1 aromatic carbocycles. The first-order chi connectivity index (χ1) is 10.9. The zero-order valence-electron chi connectivity index (χ0n) is 12.6. The van der Waals surface area contributed by atoms with Crippen molar-refractivity contribution in [2.75, 3.05) is 31.1 Å². The Bertz CT molecular complexity index is 709. The van der Waals surface area contributed by atoms with Gasteiger partial charge in [-0.25, -0.2) is 8.42 Å². The molecule has 1 N–H and O–H groups in total. The summed E-state index contributed by atoms with van der Waals surface area (Å²) in [5, 5.41) is 9.70. The van der Waals surface area contributed by atoms with Crippen molar-refractivity contribution in [3.8, 4) is 0 Å². The van der Waals surface area contributed by atoms with Crippen molar-refractivity contribution < 1.29 is 18.3 Å². The average Bonchev–Trinajstić information content (AvgIpc) is 2.79. The number of carbonyl (C=O) groups is 1. The molecular weight excluding hydrogens is 340 g/mol. The Morgan fingerprint density at radius 3 is 2.43 bits per heavy atom. The van der Waals surface area contributed by atoms with Gasteiger partial charge in [0.25, 0.3) is 0 Å². The molecule has 0 aromatic heterocycles. The summed E-state index contributed by atoms with van der Waals surface area (Å²) in [6.45, 7) is 1.65. The number of hydrogen-bond acceptors (Lipinski definition) is 5. The van der Waals surface area contributed by atoms with Gasteiger partial charge in [-0.2, -0.15) is 0 Å². The summed E-state index contributed by atoms with van der Waals surface area (Å²) in [4.78, 5) is 14.9. The van der Waals surface area contributed by atoms with E-state index in [9.17, 15) is 13.2 Å². The summed E-state index contributed by atoms with van der Waals surface area (Å²) in [6, 6.07) is 7.09. The van der Waals surface area contributed by atoms with E-state index in [1.54, 1.807) is 4.90 Å². The van der Waals surface area contributed by atoms with Gasteiger partial charge < -0.3 is 5.11 Å². The minimum absolute atomic E-state index is 0.0317.